The van der Waals surface area contributed by atoms with Gasteiger partial charge >= 0.3 is 0 Å². The normalized spacial score (nSPS) is 15.5. The molecule has 3 aromatic heterocycles. The number of rotatable bonds is 4. The molecule has 0 bridgehead atoms. The molecular weight excluding hydrogens is 316 g/mol. The van der Waals surface area contributed by atoms with E-state index in [9.17, 15) is 0 Å². The van der Waals surface area contributed by atoms with Gasteiger partial charge in [0.15, 0.2) is 0 Å². The molecule has 0 radical (unpaired) electrons. The highest BCUT2D eigenvalue weighted by Gasteiger charge is 2.20. The van der Waals surface area contributed by atoms with Crippen LogP contribution in [0.3, 0.4) is 0 Å². The number of aromatic nitrogens is 4. The number of hydrogen-bond acceptors (Lipinski definition) is 7. The first-order valence-electron chi connectivity index (χ1n) is 8.41. The Morgan fingerprint density at radius 3 is 2.72 bits per heavy atom. The van der Waals surface area contributed by atoms with Crippen molar-refractivity contribution in [3.8, 4) is 11.3 Å². The van der Waals surface area contributed by atoms with Gasteiger partial charge in [-0.1, -0.05) is 5.16 Å². The van der Waals surface area contributed by atoms with Gasteiger partial charge in [0.25, 0.3) is 0 Å². The van der Waals surface area contributed by atoms with E-state index >= 15 is 0 Å². The van der Waals surface area contributed by atoms with Gasteiger partial charge in [0.1, 0.15) is 5.76 Å². The molecule has 0 saturated carbocycles. The SMILES string of the molecule is Cc1cc(CN2CCN(c3nccc(-c4cccnc4)n3)CC2)no1. The molecule has 7 nitrogen and oxygen atoms in total. The molecule has 0 aromatic carbocycles. The van der Waals surface area contributed by atoms with Crippen molar-refractivity contribution in [2.75, 3.05) is 31.1 Å². The fraction of sp³-hybridized carbons (Fsp3) is 0.333. The number of pyridine rings is 1. The Balaban J connectivity index is 1.41. The van der Waals surface area contributed by atoms with Crippen LogP contribution in [0.4, 0.5) is 5.95 Å². The Labute approximate surface area is 146 Å². The Morgan fingerprint density at radius 1 is 1.12 bits per heavy atom. The molecule has 0 amide bonds. The fourth-order valence-electron chi connectivity index (χ4n) is 3.00. The fourth-order valence-corrected chi connectivity index (χ4v) is 3.00. The summed E-state index contributed by atoms with van der Waals surface area (Å²) in [6.07, 6.45) is 5.40. The van der Waals surface area contributed by atoms with Crippen LogP contribution in [0.5, 0.6) is 0 Å². The van der Waals surface area contributed by atoms with Crippen LogP contribution in [0, 0.1) is 6.92 Å². The van der Waals surface area contributed by atoms with Crippen molar-refractivity contribution >= 4 is 5.95 Å². The van der Waals surface area contributed by atoms with Gasteiger partial charge in [-0.25, -0.2) is 9.97 Å². The van der Waals surface area contributed by atoms with E-state index in [1.165, 1.54) is 0 Å². The molecule has 1 fully saturated rings. The van der Waals surface area contributed by atoms with Crippen LogP contribution < -0.4 is 4.90 Å². The number of piperazine rings is 1. The van der Waals surface area contributed by atoms with Gasteiger partial charge in [-0.15, -0.1) is 0 Å². The van der Waals surface area contributed by atoms with E-state index < -0.39 is 0 Å². The topological polar surface area (TPSA) is 71.2 Å². The third-order valence-corrected chi connectivity index (χ3v) is 4.32. The first kappa shape index (κ1) is 15.7. The van der Waals surface area contributed by atoms with Gasteiger partial charge in [0.05, 0.1) is 11.4 Å². The van der Waals surface area contributed by atoms with E-state index in [-0.39, 0.29) is 0 Å². The molecule has 4 heterocycles. The Morgan fingerprint density at radius 2 is 2.00 bits per heavy atom. The minimum absolute atomic E-state index is 0.776. The van der Waals surface area contributed by atoms with Crippen molar-refractivity contribution in [3.05, 3.63) is 54.3 Å². The summed E-state index contributed by atoms with van der Waals surface area (Å²) in [5, 5.41) is 4.07. The van der Waals surface area contributed by atoms with Crippen molar-refractivity contribution in [2.24, 2.45) is 0 Å². The third kappa shape index (κ3) is 3.66. The van der Waals surface area contributed by atoms with Crippen LogP contribution in [0.2, 0.25) is 0 Å². The quantitative estimate of drug-likeness (QED) is 0.723. The zero-order valence-electron chi connectivity index (χ0n) is 14.2. The number of hydrogen-bond donors (Lipinski definition) is 0. The van der Waals surface area contributed by atoms with E-state index in [0.717, 1.165) is 61.4 Å². The highest BCUT2D eigenvalue weighted by Crippen LogP contribution is 2.19. The number of anilines is 1. The van der Waals surface area contributed by atoms with Crippen LogP contribution in [-0.2, 0) is 6.54 Å². The molecule has 1 aliphatic rings. The lowest BCUT2D eigenvalue weighted by molar-refractivity contribution is 0.240. The van der Waals surface area contributed by atoms with Crippen molar-refractivity contribution in [1.29, 1.82) is 0 Å². The van der Waals surface area contributed by atoms with Crippen LogP contribution in [0.25, 0.3) is 11.3 Å². The molecule has 0 N–H and O–H groups in total. The summed E-state index contributed by atoms with van der Waals surface area (Å²) in [6.45, 7) is 6.43. The average molecular weight is 336 g/mol. The molecule has 25 heavy (non-hydrogen) atoms. The van der Waals surface area contributed by atoms with E-state index in [2.05, 4.69) is 24.9 Å². The van der Waals surface area contributed by atoms with Crippen molar-refractivity contribution < 1.29 is 4.52 Å². The molecule has 7 heteroatoms. The lowest BCUT2D eigenvalue weighted by Gasteiger charge is -2.34. The number of nitrogens with zero attached hydrogens (tertiary/aromatic N) is 6. The van der Waals surface area contributed by atoms with Gasteiger partial charge in [0.2, 0.25) is 5.95 Å². The molecular formula is C18H20N6O. The Hall–Kier alpha value is -2.80. The lowest BCUT2D eigenvalue weighted by Crippen LogP contribution is -2.46. The molecule has 4 rings (SSSR count). The summed E-state index contributed by atoms with van der Waals surface area (Å²) in [5.41, 5.74) is 2.89. The molecule has 1 aliphatic heterocycles. The van der Waals surface area contributed by atoms with E-state index in [1.54, 1.807) is 6.20 Å². The smallest absolute Gasteiger partial charge is 0.225 e. The van der Waals surface area contributed by atoms with Crippen molar-refractivity contribution in [1.82, 2.24) is 25.0 Å². The minimum Gasteiger partial charge on any atom is -0.361 e. The first-order chi connectivity index (χ1) is 12.3. The average Bonchev–Trinajstić information content (AvgIpc) is 3.08. The van der Waals surface area contributed by atoms with E-state index in [0.29, 0.717) is 0 Å². The Bertz CT molecular complexity index is 826. The summed E-state index contributed by atoms with van der Waals surface area (Å²) in [5.74, 6) is 1.63. The Kier molecular flexibility index (Phi) is 4.39. The second-order valence-electron chi connectivity index (χ2n) is 6.18. The summed E-state index contributed by atoms with van der Waals surface area (Å²) >= 11 is 0. The van der Waals surface area contributed by atoms with Gasteiger partial charge < -0.3 is 9.42 Å². The molecule has 0 aliphatic carbocycles. The van der Waals surface area contributed by atoms with Gasteiger partial charge in [-0.05, 0) is 25.1 Å². The summed E-state index contributed by atoms with van der Waals surface area (Å²) in [6, 6.07) is 7.84. The van der Waals surface area contributed by atoms with Crippen LogP contribution in [0.15, 0.2) is 47.4 Å². The minimum atomic E-state index is 0.776. The molecule has 3 aromatic rings. The van der Waals surface area contributed by atoms with Gasteiger partial charge in [-0.2, -0.15) is 0 Å². The van der Waals surface area contributed by atoms with E-state index in [4.69, 9.17) is 9.51 Å². The predicted octanol–water partition coefficient (Wildman–Crippen LogP) is 2.16. The van der Waals surface area contributed by atoms with Crippen LogP contribution >= 0.6 is 0 Å². The summed E-state index contributed by atoms with van der Waals surface area (Å²) in [7, 11) is 0. The maximum Gasteiger partial charge on any atom is 0.225 e. The largest absolute Gasteiger partial charge is 0.361 e. The van der Waals surface area contributed by atoms with E-state index in [1.807, 2.05) is 43.6 Å². The maximum atomic E-state index is 5.14. The zero-order chi connectivity index (χ0) is 17.1. The maximum absolute atomic E-state index is 5.14. The summed E-state index contributed by atoms with van der Waals surface area (Å²) in [4.78, 5) is 17.9. The van der Waals surface area contributed by atoms with Gasteiger partial charge in [-0.3, -0.25) is 9.88 Å². The van der Waals surface area contributed by atoms with Crippen molar-refractivity contribution in [3.63, 3.8) is 0 Å². The van der Waals surface area contributed by atoms with Crippen molar-refractivity contribution in [2.45, 2.75) is 13.5 Å². The second-order valence-corrected chi connectivity index (χ2v) is 6.18. The highest BCUT2D eigenvalue weighted by atomic mass is 16.5. The summed E-state index contributed by atoms with van der Waals surface area (Å²) < 4.78 is 5.14. The molecule has 0 atom stereocenters. The molecule has 0 unspecified atom stereocenters. The highest BCUT2D eigenvalue weighted by molar-refractivity contribution is 5.58. The van der Waals surface area contributed by atoms with Crippen LogP contribution in [-0.4, -0.2) is 51.2 Å². The molecule has 0 spiro atoms. The molecule has 128 valence electrons. The third-order valence-electron chi connectivity index (χ3n) is 4.32. The van der Waals surface area contributed by atoms with Crippen LogP contribution in [0.1, 0.15) is 11.5 Å². The monoisotopic (exact) mass is 336 g/mol. The van der Waals surface area contributed by atoms with Gasteiger partial charge in [0, 0.05) is 62.9 Å². The first-order valence-corrected chi connectivity index (χ1v) is 8.41. The standard InChI is InChI=1S/C18H20N6O/c1-14-11-16(22-25-14)13-23-7-9-24(10-8-23)18-20-6-4-17(21-18)15-3-2-5-19-12-15/h2-6,11-12H,7-10,13H2,1H3. The lowest BCUT2D eigenvalue weighted by atomic mass is 10.2. The predicted molar refractivity (Wildman–Crippen MR) is 94.0 cm³/mol. The second kappa shape index (κ2) is 6.98. The zero-order valence-corrected chi connectivity index (χ0v) is 14.2. The number of aryl methyl sites for hydroxylation is 1. The molecule has 1 saturated heterocycles.